The van der Waals surface area contributed by atoms with Gasteiger partial charge in [0, 0.05) is 11.9 Å². The third-order valence-electron chi connectivity index (χ3n) is 3.66. The van der Waals surface area contributed by atoms with Gasteiger partial charge in [-0.25, -0.2) is 15.0 Å². The number of halogens is 3. The van der Waals surface area contributed by atoms with Gasteiger partial charge in [-0.2, -0.15) is 13.2 Å². The maximum absolute atomic E-state index is 12.7. The first kappa shape index (κ1) is 17.0. The molecule has 0 radical (unpaired) electrons. The van der Waals surface area contributed by atoms with Gasteiger partial charge in [-0.3, -0.25) is 0 Å². The molecule has 1 aliphatic heterocycles. The number of nitrogens with zero attached hydrogens (tertiary/aromatic N) is 3. The van der Waals surface area contributed by atoms with E-state index in [0.717, 1.165) is 30.7 Å². The van der Waals surface area contributed by atoms with Crippen LogP contribution in [0.2, 0.25) is 0 Å². The second-order valence-electron chi connectivity index (χ2n) is 5.56. The van der Waals surface area contributed by atoms with Gasteiger partial charge < -0.3 is 15.8 Å². The summed E-state index contributed by atoms with van der Waals surface area (Å²) < 4.78 is 43.1. The monoisotopic (exact) mass is 351 g/mol. The van der Waals surface area contributed by atoms with Gasteiger partial charge >= 0.3 is 6.18 Å². The van der Waals surface area contributed by atoms with Crippen LogP contribution < -0.4 is 11.1 Å². The fourth-order valence-corrected chi connectivity index (χ4v) is 2.38. The average Bonchev–Trinajstić information content (AvgIpc) is 2.99. The molecule has 0 saturated carbocycles. The Kier molecular flexibility index (Phi) is 4.73. The summed E-state index contributed by atoms with van der Waals surface area (Å²) in [5.74, 6) is -0.101. The van der Waals surface area contributed by atoms with E-state index in [1.165, 1.54) is 0 Å². The fourth-order valence-electron chi connectivity index (χ4n) is 2.38. The van der Waals surface area contributed by atoms with E-state index in [1.54, 1.807) is 12.1 Å². The largest absolute Gasteiger partial charge is 0.463 e. The minimum Gasteiger partial charge on any atom is -0.463 e. The van der Waals surface area contributed by atoms with Crippen molar-refractivity contribution in [1.82, 2.24) is 9.97 Å². The van der Waals surface area contributed by atoms with Gasteiger partial charge in [0.05, 0.1) is 6.04 Å². The third-order valence-corrected chi connectivity index (χ3v) is 3.66. The zero-order valence-electron chi connectivity index (χ0n) is 13.1. The molecule has 0 saturated heterocycles. The van der Waals surface area contributed by atoms with Gasteiger partial charge in [0.2, 0.25) is 5.95 Å². The lowest BCUT2D eigenvalue weighted by Gasteiger charge is -2.09. The molecule has 0 spiro atoms. The molecule has 132 valence electrons. The molecule has 0 fully saturated rings. The van der Waals surface area contributed by atoms with Crippen LogP contribution in [0.25, 0.3) is 0 Å². The van der Waals surface area contributed by atoms with Gasteiger partial charge in [-0.1, -0.05) is 12.1 Å². The number of hydrogen-bond donors (Lipinski definition) is 2. The highest BCUT2D eigenvalue weighted by Gasteiger charge is 2.32. The van der Waals surface area contributed by atoms with E-state index >= 15 is 0 Å². The first-order valence-electron chi connectivity index (χ1n) is 7.62. The molecule has 1 aliphatic rings. The molecule has 1 unspecified atom stereocenters. The zero-order chi connectivity index (χ0) is 17.9. The van der Waals surface area contributed by atoms with Crippen LogP contribution in [-0.4, -0.2) is 28.6 Å². The van der Waals surface area contributed by atoms with E-state index in [-0.39, 0.29) is 18.0 Å². The van der Waals surface area contributed by atoms with Gasteiger partial charge in [0.1, 0.15) is 12.3 Å². The van der Waals surface area contributed by atoms with E-state index in [2.05, 4.69) is 20.3 Å². The van der Waals surface area contributed by atoms with Crippen LogP contribution in [0.15, 0.2) is 41.5 Å². The summed E-state index contributed by atoms with van der Waals surface area (Å²) in [6, 6.07) is 8.43. The summed E-state index contributed by atoms with van der Waals surface area (Å²) in [5.41, 5.74) is 6.16. The van der Waals surface area contributed by atoms with Crippen LogP contribution in [0.3, 0.4) is 0 Å². The minimum absolute atomic E-state index is 0.0660. The third kappa shape index (κ3) is 4.59. The molecule has 1 atom stereocenters. The summed E-state index contributed by atoms with van der Waals surface area (Å²) >= 11 is 0. The number of alkyl halides is 3. The predicted octanol–water partition coefficient (Wildman–Crippen LogP) is 2.89. The standard InChI is InChI=1S/C16H16F3N5O/c17-16(18,19)13-7-8-21-15(24-13)23-11-4-1-10(2-5-11)3-6-12-9-25-14(20)22-12/h1-2,4-5,7-8,12H,3,6,9H2,(H2,20,22)(H,21,23,24). The lowest BCUT2D eigenvalue weighted by atomic mass is 10.1. The number of anilines is 2. The quantitative estimate of drug-likeness (QED) is 0.865. The first-order chi connectivity index (χ1) is 11.9. The van der Waals surface area contributed by atoms with Crippen molar-refractivity contribution in [2.45, 2.75) is 25.1 Å². The molecule has 3 rings (SSSR count). The lowest BCUT2D eigenvalue weighted by molar-refractivity contribution is -0.141. The molecule has 6 nitrogen and oxygen atoms in total. The van der Waals surface area contributed by atoms with E-state index in [9.17, 15) is 13.2 Å². The molecule has 25 heavy (non-hydrogen) atoms. The number of nitrogens with one attached hydrogen (secondary N) is 1. The van der Waals surface area contributed by atoms with E-state index in [1.807, 2.05) is 12.1 Å². The predicted molar refractivity (Wildman–Crippen MR) is 86.4 cm³/mol. The summed E-state index contributed by atoms with van der Waals surface area (Å²) in [4.78, 5) is 11.4. The maximum atomic E-state index is 12.7. The van der Waals surface area contributed by atoms with Gasteiger partial charge in [0.25, 0.3) is 6.02 Å². The zero-order valence-corrected chi connectivity index (χ0v) is 13.1. The number of aryl methyl sites for hydroxylation is 1. The highest BCUT2D eigenvalue weighted by Crippen LogP contribution is 2.28. The number of aliphatic imine (C=N–C) groups is 1. The van der Waals surface area contributed by atoms with Crippen LogP contribution in [0.1, 0.15) is 17.7 Å². The van der Waals surface area contributed by atoms with Crippen molar-refractivity contribution in [3.8, 4) is 0 Å². The highest BCUT2D eigenvalue weighted by molar-refractivity contribution is 5.73. The summed E-state index contributed by atoms with van der Waals surface area (Å²) in [7, 11) is 0. The normalized spacial score (nSPS) is 17.1. The average molecular weight is 351 g/mol. The van der Waals surface area contributed by atoms with E-state index < -0.39 is 11.9 Å². The molecule has 1 aromatic heterocycles. The second-order valence-corrected chi connectivity index (χ2v) is 5.56. The number of ether oxygens (including phenoxy) is 1. The maximum Gasteiger partial charge on any atom is 0.433 e. The molecule has 0 aliphatic carbocycles. The van der Waals surface area contributed by atoms with Crippen molar-refractivity contribution in [2.75, 3.05) is 11.9 Å². The first-order valence-corrected chi connectivity index (χ1v) is 7.62. The Labute approximate surface area is 142 Å². The van der Waals surface area contributed by atoms with Crippen LogP contribution in [0, 0.1) is 0 Å². The van der Waals surface area contributed by atoms with Crippen LogP contribution in [-0.2, 0) is 17.3 Å². The number of rotatable bonds is 5. The molecule has 2 aromatic rings. The van der Waals surface area contributed by atoms with Gasteiger partial charge in [-0.05, 0) is 36.6 Å². The molecule has 0 amide bonds. The number of amidine groups is 1. The van der Waals surface area contributed by atoms with Crippen molar-refractivity contribution in [1.29, 1.82) is 0 Å². The van der Waals surface area contributed by atoms with Crippen LogP contribution in [0.5, 0.6) is 0 Å². The molecular formula is C16H16F3N5O. The Hall–Kier alpha value is -2.84. The SMILES string of the molecule is NC1=NC(CCc2ccc(Nc3nccc(C(F)(F)F)n3)cc2)CO1. The van der Waals surface area contributed by atoms with E-state index in [4.69, 9.17) is 10.5 Å². The number of hydrogen-bond acceptors (Lipinski definition) is 6. The number of nitrogens with two attached hydrogens (primary N) is 1. The van der Waals surface area contributed by atoms with Crippen molar-refractivity contribution in [2.24, 2.45) is 10.7 Å². The van der Waals surface area contributed by atoms with E-state index in [0.29, 0.717) is 12.3 Å². The smallest absolute Gasteiger partial charge is 0.433 e. The summed E-state index contributed by atoms with van der Waals surface area (Å²) in [6.07, 6.45) is -1.82. The number of benzene rings is 1. The van der Waals surface area contributed by atoms with Crippen molar-refractivity contribution in [3.05, 3.63) is 47.8 Å². The van der Waals surface area contributed by atoms with Gasteiger partial charge in [0.15, 0.2) is 0 Å². The number of aromatic nitrogens is 2. The van der Waals surface area contributed by atoms with Crippen molar-refractivity contribution in [3.63, 3.8) is 0 Å². The topological polar surface area (TPSA) is 85.4 Å². The molecule has 1 aromatic carbocycles. The molecule has 3 N–H and O–H groups in total. The molecule has 0 bridgehead atoms. The highest BCUT2D eigenvalue weighted by atomic mass is 19.4. The summed E-state index contributed by atoms with van der Waals surface area (Å²) in [5, 5.41) is 2.77. The summed E-state index contributed by atoms with van der Waals surface area (Å²) in [6.45, 7) is 0.498. The van der Waals surface area contributed by atoms with Crippen molar-refractivity contribution < 1.29 is 17.9 Å². The second kappa shape index (κ2) is 6.96. The van der Waals surface area contributed by atoms with Crippen LogP contribution >= 0.6 is 0 Å². The Bertz CT molecular complexity index is 761. The Balaban J connectivity index is 1.59. The Morgan fingerprint density at radius 2 is 1.96 bits per heavy atom. The minimum atomic E-state index is -4.50. The molecule has 9 heteroatoms. The fraction of sp³-hybridized carbons (Fsp3) is 0.312. The Morgan fingerprint density at radius 3 is 2.60 bits per heavy atom. The van der Waals surface area contributed by atoms with Crippen molar-refractivity contribution >= 4 is 17.7 Å². The van der Waals surface area contributed by atoms with Gasteiger partial charge in [-0.15, -0.1) is 0 Å². The molecular weight excluding hydrogens is 335 g/mol. The lowest BCUT2D eigenvalue weighted by Crippen LogP contribution is -2.10. The Morgan fingerprint density at radius 1 is 1.20 bits per heavy atom. The van der Waals surface area contributed by atoms with Crippen LogP contribution in [0.4, 0.5) is 24.8 Å². The molecule has 2 heterocycles.